The Labute approximate surface area is 90.1 Å². The molecule has 0 aliphatic carbocycles. The van der Waals surface area contributed by atoms with Crippen LogP contribution in [-0.2, 0) is 0 Å². The van der Waals surface area contributed by atoms with Gasteiger partial charge in [-0.05, 0) is 19.4 Å². The fourth-order valence-electron chi connectivity index (χ4n) is 1.83. The van der Waals surface area contributed by atoms with Gasteiger partial charge in [-0.1, -0.05) is 18.2 Å². The Morgan fingerprint density at radius 3 is 3.00 bits per heavy atom. The number of aliphatic hydroxyl groups excluding tert-OH is 1. The maximum absolute atomic E-state index is 9.65. The van der Waals surface area contributed by atoms with Crippen LogP contribution in [0.2, 0.25) is 0 Å². The molecule has 0 saturated carbocycles. The van der Waals surface area contributed by atoms with E-state index in [1.807, 2.05) is 12.1 Å². The maximum Gasteiger partial charge on any atom is 0.134 e. The first-order chi connectivity index (χ1) is 7.29. The van der Waals surface area contributed by atoms with Gasteiger partial charge in [-0.2, -0.15) is 0 Å². The van der Waals surface area contributed by atoms with Crippen molar-refractivity contribution in [1.29, 1.82) is 0 Å². The van der Waals surface area contributed by atoms with Crippen molar-refractivity contribution in [2.45, 2.75) is 19.4 Å². The van der Waals surface area contributed by atoms with Gasteiger partial charge >= 0.3 is 0 Å². The zero-order chi connectivity index (χ0) is 10.7. The van der Waals surface area contributed by atoms with E-state index in [1.165, 1.54) is 0 Å². The normalized spacial score (nSPS) is 17.9. The number of aromatic nitrogens is 1. The van der Waals surface area contributed by atoms with Crippen LogP contribution in [-0.4, -0.2) is 23.2 Å². The summed E-state index contributed by atoms with van der Waals surface area (Å²) in [5.74, 6) is 0.914. The summed E-state index contributed by atoms with van der Waals surface area (Å²) in [6.45, 7) is 3.64. The van der Waals surface area contributed by atoms with Gasteiger partial charge in [-0.15, -0.1) is 0 Å². The quantitative estimate of drug-likeness (QED) is 0.747. The summed E-state index contributed by atoms with van der Waals surface area (Å²) in [7, 11) is 0. The summed E-state index contributed by atoms with van der Waals surface area (Å²) in [6, 6.07) is 3.80. The number of aliphatic hydroxyl groups is 1. The summed E-state index contributed by atoms with van der Waals surface area (Å²) in [5.41, 5.74) is 0.910. The van der Waals surface area contributed by atoms with Crippen LogP contribution in [0.1, 0.15) is 25.0 Å². The highest BCUT2D eigenvalue weighted by molar-refractivity contribution is 5.48. The first-order valence-corrected chi connectivity index (χ1v) is 5.32. The predicted octanol–water partition coefficient (Wildman–Crippen LogP) is 1.90. The standard InChI is InChI=1S/C12H16N2O/c1-10(15)11-6-5-7-13-12(11)14-8-3-2-4-9-14/h2-3,5-7,10,15H,4,8-9H2,1H3/t10-/m1/s1. The van der Waals surface area contributed by atoms with E-state index < -0.39 is 6.10 Å². The number of rotatable bonds is 2. The van der Waals surface area contributed by atoms with E-state index in [0.29, 0.717) is 0 Å². The zero-order valence-electron chi connectivity index (χ0n) is 8.93. The summed E-state index contributed by atoms with van der Waals surface area (Å²) >= 11 is 0. The average molecular weight is 204 g/mol. The van der Waals surface area contributed by atoms with Crippen LogP contribution in [0.3, 0.4) is 0 Å². The highest BCUT2D eigenvalue weighted by Crippen LogP contribution is 2.24. The van der Waals surface area contributed by atoms with E-state index >= 15 is 0 Å². The molecule has 0 unspecified atom stereocenters. The van der Waals surface area contributed by atoms with Crippen LogP contribution >= 0.6 is 0 Å². The van der Waals surface area contributed by atoms with Crippen molar-refractivity contribution in [3.63, 3.8) is 0 Å². The van der Waals surface area contributed by atoms with Crippen molar-refractivity contribution in [1.82, 2.24) is 4.98 Å². The number of hydrogen-bond donors (Lipinski definition) is 1. The largest absolute Gasteiger partial charge is 0.389 e. The Bertz CT molecular complexity index is 360. The van der Waals surface area contributed by atoms with Crippen LogP contribution in [0.15, 0.2) is 30.5 Å². The van der Waals surface area contributed by atoms with Crippen molar-refractivity contribution in [2.75, 3.05) is 18.0 Å². The Morgan fingerprint density at radius 1 is 1.47 bits per heavy atom. The number of hydrogen-bond acceptors (Lipinski definition) is 3. The minimum absolute atomic E-state index is 0.459. The molecule has 1 aromatic heterocycles. The van der Waals surface area contributed by atoms with E-state index in [1.54, 1.807) is 13.1 Å². The molecule has 3 nitrogen and oxygen atoms in total. The molecule has 2 heterocycles. The first kappa shape index (κ1) is 10.2. The second-order valence-corrected chi connectivity index (χ2v) is 3.80. The molecular formula is C12H16N2O. The third-order valence-corrected chi connectivity index (χ3v) is 2.62. The minimum atomic E-state index is -0.459. The summed E-state index contributed by atoms with van der Waals surface area (Å²) in [4.78, 5) is 6.55. The lowest BCUT2D eigenvalue weighted by Crippen LogP contribution is -2.28. The lowest BCUT2D eigenvalue weighted by molar-refractivity contribution is 0.199. The molecule has 0 aromatic carbocycles. The van der Waals surface area contributed by atoms with Crippen LogP contribution in [0.4, 0.5) is 5.82 Å². The second kappa shape index (κ2) is 4.45. The number of nitrogens with zero attached hydrogens (tertiary/aromatic N) is 2. The highest BCUT2D eigenvalue weighted by Gasteiger charge is 2.15. The van der Waals surface area contributed by atoms with E-state index in [0.717, 1.165) is 30.9 Å². The molecule has 1 aliphatic heterocycles. The van der Waals surface area contributed by atoms with Gasteiger partial charge in [0, 0.05) is 24.8 Å². The molecule has 3 heteroatoms. The Morgan fingerprint density at radius 2 is 2.33 bits per heavy atom. The summed E-state index contributed by atoms with van der Waals surface area (Å²) in [5, 5.41) is 9.65. The minimum Gasteiger partial charge on any atom is -0.389 e. The number of pyridine rings is 1. The molecular weight excluding hydrogens is 188 g/mol. The number of anilines is 1. The molecule has 1 atom stereocenters. The van der Waals surface area contributed by atoms with Gasteiger partial charge in [0.2, 0.25) is 0 Å². The van der Waals surface area contributed by atoms with Crippen LogP contribution in [0, 0.1) is 0 Å². The SMILES string of the molecule is C[C@@H](O)c1cccnc1N1CC=CCC1. The van der Waals surface area contributed by atoms with Gasteiger partial charge < -0.3 is 10.0 Å². The highest BCUT2D eigenvalue weighted by atomic mass is 16.3. The molecule has 80 valence electrons. The first-order valence-electron chi connectivity index (χ1n) is 5.32. The lowest BCUT2D eigenvalue weighted by atomic mass is 10.1. The van der Waals surface area contributed by atoms with Gasteiger partial charge in [0.05, 0.1) is 6.10 Å². The van der Waals surface area contributed by atoms with E-state index in [2.05, 4.69) is 22.0 Å². The van der Waals surface area contributed by atoms with Crippen molar-refractivity contribution >= 4 is 5.82 Å². The maximum atomic E-state index is 9.65. The summed E-state index contributed by atoms with van der Waals surface area (Å²) < 4.78 is 0. The monoisotopic (exact) mass is 204 g/mol. The second-order valence-electron chi connectivity index (χ2n) is 3.80. The third kappa shape index (κ3) is 2.18. The zero-order valence-corrected chi connectivity index (χ0v) is 8.93. The average Bonchev–Trinajstić information content (AvgIpc) is 2.30. The van der Waals surface area contributed by atoms with Crippen LogP contribution in [0.5, 0.6) is 0 Å². The van der Waals surface area contributed by atoms with Crippen molar-refractivity contribution in [3.8, 4) is 0 Å². The van der Waals surface area contributed by atoms with Crippen LogP contribution < -0.4 is 4.90 Å². The molecule has 0 fully saturated rings. The van der Waals surface area contributed by atoms with E-state index in [4.69, 9.17) is 0 Å². The van der Waals surface area contributed by atoms with Gasteiger partial charge in [0.25, 0.3) is 0 Å². The molecule has 15 heavy (non-hydrogen) atoms. The fourth-order valence-corrected chi connectivity index (χ4v) is 1.83. The van der Waals surface area contributed by atoms with Crippen LogP contribution in [0.25, 0.3) is 0 Å². The predicted molar refractivity (Wildman–Crippen MR) is 60.8 cm³/mol. The third-order valence-electron chi connectivity index (χ3n) is 2.62. The molecule has 0 amide bonds. The Hall–Kier alpha value is -1.35. The van der Waals surface area contributed by atoms with Crippen molar-refractivity contribution in [2.24, 2.45) is 0 Å². The van der Waals surface area contributed by atoms with Crippen molar-refractivity contribution in [3.05, 3.63) is 36.0 Å². The van der Waals surface area contributed by atoms with E-state index in [-0.39, 0.29) is 0 Å². The lowest BCUT2D eigenvalue weighted by Gasteiger charge is -2.27. The van der Waals surface area contributed by atoms with E-state index in [9.17, 15) is 5.11 Å². The Kier molecular flexibility index (Phi) is 3.02. The smallest absolute Gasteiger partial charge is 0.134 e. The van der Waals surface area contributed by atoms with Gasteiger partial charge in [0.1, 0.15) is 5.82 Å². The molecule has 0 bridgehead atoms. The summed E-state index contributed by atoms with van der Waals surface area (Å²) in [6.07, 6.45) is 6.69. The fraction of sp³-hybridized carbons (Fsp3) is 0.417. The topological polar surface area (TPSA) is 36.4 Å². The molecule has 1 aliphatic rings. The van der Waals surface area contributed by atoms with Crippen molar-refractivity contribution < 1.29 is 5.11 Å². The van der Waals surface area contributed by atoms with Gasteiger partial charge in [0.15, 0.2) is 0 Å². The molecule has 1 aromatic rings. The molecule has 0 saturated heterocycles. The molecule has 2 rings (SSSR count). The molecule has 0 spiro atoms. The Balaban J connectivity index is 2.30. The molecule has 0 radical (unpaired) electrons. The molecule has 1 N–H and O–H groups in total. The van der Waals surface area contributed by atoms with Gasteiger partial charge in [-0.25, -0.2) is 4.98 Å². The van der Waals surface area contributed by atoms with Gasteiger partial charge in [-0.3, -0.25) is 0 Å².